The number of hydrogen-bond donors (Lipinski definition) is 3. The topological polar surface area (TPSA) is 108 Å². The van der Waals surface area contributed by atoms with E-state index in [2.05, 4.69) is 9.88 Å². The van der Waals surface area contributed by atoms with Crippen molar-refractivity contribution in [2.75, 3.05) is 25.4 Å². The van der Waals surface area contributed by atoms with E-state index in [1.165, 1.54) is 0 Å². The molecule has 0 bridgehead atoms. The molecular formula is C11H24N4O3S. The molecule has 0 amide bonds. The maximum Gasteiger partial charge on any atom is 0.212 e. The molecule has 8 heteroatoms. The van der Waals surface area contributed by atoms with Crippen LogP contribution in [0.5, 0.6) is 0 Å². The van der Waals surface area contributed by atoms with Gasteiger partial charge in [-0.1, -0.05) is 19.0 Å². The molecule has 0 aliphatic carbocycles. The van der Waals surface area contributed by atoms with Crippen molar-refractivity contribution in [3.05, 3.63) is 0 Å². The van der Waals surface area contributed by atoms with Gasteiger partial charge in [0.1, 0.15) is 0 Å². The fraction of sp³-hybridized carbons (Fsp3) is 0.909. The Morgan fingerprint density at radius 2 is 2.05 bits per heavy atom. The third kappa shape index (κ3) is 6.22. The van der Waals surface area contributed by atoms with Crippen LogP contribution < -0.4 is 10.5 Å². The van der Waals surface area contributed by atoms with Crippen LogP contribution in [0.3, 0.4) is 0 Å². The molecule has 0 radical (unpaired) electrons. The molecule has 0 aromatic carbocycles. The highest BCUT2D eigenvalue weighted by Gasteiger charge is 2.24. The van der Waals surface area contributed by atoms with Crippen LogP contribution in [-0.2, 0) is 10.0 Å². The second kappa shape index (κ2) is 7.06. The number of likely N-dealkylation sites (tertiary alicyclic amines) is 1. The maximum atomic E-state index is 11.8. The number of hydrogen-bond acceptors (Lipinski definition) is 5. The summed E-state index contributed by atoms with van der Waals surface area (Å²) >= 11 is 0. The van der Waals surface area contributed by atoms with E-state index in [1.54, 1.807) is 0 Å². The van der Waals surface area contributed by atoms with Crippen LogP contribution in [0.4, 0.5) is 0 Å². The Bertz CT molecular complexity index is 400. The average molecular weight is 292 g/mol. The van der Waals surface area contributed by atoms with Crippen LogP contribution in [0, 0.1) is 5.92 Å². The van der Waals surface area contributed by atoms with E-state index in [0.29, 0.717) is 6.54 Å². The summed E-state index contributed by atoms with van der Waals surface area (Å²) in [4.78, 5) is 2.04. The third-order valence-electron chi connectivity index (χ3n) is 3.00. The van der Waals surface area contributed by atoms with Gasteiger partial charge in [-0.05, 0) is 18.8 Å². The molecule has 1 fully saturated rings. The molecule has 19 heavy (non-hydrogen) atoms. The molecular weight excluding hydrogens is 268 g/mol. The van der Waals surface area contributed by atoms with Gasteiger partial charge < -0.3 is 10.9 Å². The predicted octanol–water partition coefficient (Wildman–Crippen LogP) is -0.227. The molecule has 0 saturated carbocycles. The minimum absolute atomic E-state index is 0.00714. The summed E-state index contributed by atoms with van der Waals surface area (Å²) in [6, 6.07) is -0.00714. The molecule has 0 aromatic rings. The van der Waals surface area contributed by atoms with E-state index < -0.39 is 10.0 Å². The van der Waals surface area contributed by atoms with E-state index in [9.17, 15) is 8.42 Å². The van der Waals surface area contributed by atoms with Crippen LogP contribution >= 0.6 is 0 Å². The second-order valence-corrected chi connectivity index (χ2v) is 7.23. The molecule has 1 aliphatic rings. The number of amidine groups is 1. The fourth-order valence-electron chi connectivity index (χ4n) is 2.21. The minimum atomic E-state index is -3.18. The first kappa shape index (κ1) is 16.2. The van der Waals surface area contributed by atoms with Gasteiger partial charge in [0.2, 0.25) is 10.0 Å². The molecule has 0 atom stereocenters. The zero-order valence-corrected chi connectivity index (χ0v) is 12.4. The molecule has 4 N–H and O–H groups in total. The molecule has 0 unspecified atom stereocenters. The van der Waals surface area contributed by atoms with Gasteiger partial charge in [-0.3, -0.25) is 4.90 Å². The lowest BCUT2D eigenvalue weighted by Gasteiger charge is -2.31. The zero-order valence-electron chi connectivity index (χ0n) is 11.5. The van der Waals surface area contributed by atoms with Crippen LogP contribution in [0.15, 0.2) is 5.16 Å². The van der Waals surface area contributed by atoms with Crippen LogP contribution in [0.25, 0.3) is 0 Å². The first-order valence-corrected chi connectivity index (χ1v) is 8.16. The van der Waals surface area contributed by atoms with Crippen molar-refractivity contribution in [1.82, 2.24) is 9.62 Å². The van der Waals surface area contributed by atoms with Gasteiger partial charge in [0.05, 0.1) is 12.3 Å². The van der Waals surface area contributed by atoms with Crippen molar-refractivity contribution in [3.63, 3.8) is 0 Å². The lowest BCUT2D eigenvalue weighted by atomic mass is 10.1. The zero-order chi connectivity index (χ0) is 14.5. The minimum Gasteiger partial charge on any atom is -0.409 e. The lowest BCUT2D eigenvalue weighted by molar-refractivity contribution is 0.228. The number of rotatable bonds is 6. The Balaban J connectivity index is 2.38. The van der Waals surface area contributed by atoms with Gasteiger partial charge in [0.15, 0.2) is 5.84 Å². The van der Waals surface area contributed by atoms with E-state index in [1.807, 2.05) is 18.7 Å². The Labute approximate surface area is 114 Å². The molecule has 7 nitrogen and oxygen atoms in total. The normalized spacial score (nSPS) is 20.1. The summed E-state index contributed by atoms with van der Waals surface area (Å²) in [5, 5.41) is 11.4. The van der Waals surface area contributed by atoms with Crippen LogP contribution in [0.2, 0.25) is 0 Å². The molecule has 0 spiro atoms. The van der Waals surface area contributed by atoms with Crippen molar-refractivity contribution < 1.29 is 13.6 Å². The Morgan fingerprint density at radius 1 is 1.47 bits per heavy atom. The second-order valence-electron chi connectivity index (χ2n) is 5.43. The molecule has 0 aromatic heterocycles. The highest BCUT2D eigenvalue weighted by Crippen LogP contribution is 2.11. The average Bonchev–Trinajstić information content (AvgIpc) is 2.29. The van der Waals surface area contributed by atoms with E-state index in [4.69, 9.17) is 10.9 Å². The molecule has 112 valence electrons. The monoisotopic (exact) mass is 292 g/mol. The predicted molar refractivity (Wildman–Crippen MR) is 74.6 cm³/mol. The molecule has 1 rings (SSSR count). The number of nitrogens with two attached hydrogens (primary N) is 1. The third-order valence-corrected chi connectivity index (χ3v) is 4.80. The number of piperidine rings is 1. The van der Waals surface area contributed by atoms with Crippen molar-refractivity contribution in [3.8, 4) is 0 Å². The van der Waals surface area contributed by atoms with Crippen LogP contribution in [-0.4, -0.2) is 55.8 Å². The Hall–Kier alpha value is -0.860. The van der Waals surface area contributed by atoms with Crippen molar-refractivity contribution >= 4 is 15.9 Å². The first-order chi connectivity index (χ1) is 8.82. The van der Waals surface area contributed by atoms with Gasteiger partial charge in [-0.25, -0.2) is 13.1 Å². The Kier molecular flexibility index (Phi) is 6.02. The van der Waals surface area contributed by atoms with E-state index in [0.717, 1.165) is 25.9 Å². The number of oxime groups is 1. The summed E-state index contributed by atoms with van der Waals surface area (Å²) in [7, 11) is -3.18. The molecule has 1 heterocycles. The van der Waals surface area contributed by atoms with Gasteiger partial charge in [0.25, 0.3) is 0 Å². The molecule has 1 saturated heterocycles. The van der Waals surface area contributed by atoms with Gasteiger partial charge in [-0.2, -0.15) is 0 Å². The number of nitrogens with one attached hydrogen (secondary N) is 1. The summed E-state index contributed by atoms with van der Waals surface area (Å²) < 4.78 is 26.4. The summed E-state index contributed by atoms with van der Waals surface area (Å²) in [5.74, 6) is 0.467. The quantitative estimate of drug-likeness (QED) is 0.271. The summed E-state index contributed by atoms with van der Waals surface area (Å²) in [5.41, 5.74) is 5.44. The standard InChI is InChI=1S/C11H24N4O3S/c1-9(2)8-19(17,18)14-10-3-5-15(6-4-10)7-11(12)13-16/h9-10,14,16H,3-8H2,1-2H3,(H2,12,13). The van der Waals surface area contributed by atoms with Crippen molar-refractivity contribution in [2.24, 2.45) is 16.8 Å². The van der Waals surface area contributed by atoms with E-state index >= 15 is 0 Å². The largest absolute Gasteiger partial charge is 0.409 e. The Morgan fingerprint density at radius 3 is 2.53 bits per heavy atom. The van der Waals surface area contributed by atoms with Gasteiger partial charge in [0, 0.05) is 19.1 Å². The summed E-state index contributed by atoms with van der Waals surface area (Å²) in [6.07, 6.45) is 1.49. The lowest BCUT2D eigenvalue weighted by Crippen LogP contribution is -2.47. The number of sulfonamides is 1. The van der Waals surface area contributed by atoms with Crippen molar-refractivity contribution in [1.29, 1.82) is 0 Å². The van der Waals surface area contributed by atoms with Gasteiger partial charge >= 0.3 is 0 Å². The highest BCUT2D eigenvalue weighted by molar-refractivity contribution is 7.89. The maximum absolute atomic E-state index is 11.8. The van der Waals surface area contributed by atoms with Crippen LogP contribution in [0.1, 0.15) is 26.7 Å². The fourth-order valence-corrected chi connectivity index (χ4v) is 3.93. The molecule has 1 aliphatic heterocycles. The van der Waals surface area contributed by atoms with E-state index in [-0.39, 0.29) is 23.5 Å². The smallest absolute Gasteiger partial charge is 0.212 e. The number of nitrogens with zero attached hydrogens (tertiary/aromatic N) is 2. The highest BCUT2D eigenvalue weighted by atomic mass is 32.2. The van der Waals surface area contributed by atoms with Gasteiger partial charge in [-0.15, -0.1) is 0 Å². The summed E-state index contributed by atoms with van der Waals surface area (Å²) in [6.45, 7) is 5.68. The van der Waals surface area contributed by atoms with Crippen molar-refractivity contribution in [2.45, 2.75) is 32.7 Å². The first-order valence-electron chi connectivity index (χ1n) is 6.51. The SMILES string of the molecule is CC(C)CS(=O)(=O)NC1CCN(CC(N)=NO)CC1.